The van der Waals surface area contributed by atoms with Gasteiger partial charge in [0.25, 0.3) is 5.69 Å². The van der Waals surface area contributed by atoms with Crippen molar-refractivity contribution in [1.82, 2.24) is 0 Å². The molecule has 0 aliphatic heterocycles. The highest BCUT2D eigenvalue weighted by Crippen LogP contribution is 2.28. The summed E-state index contributed by atoms with van der Waals surface area (Å²) >= 11 is 0. The molecule has 0 heterocycles. The number of rotatable bonds is 7. The number of nitrogens with one attached hydrogen (secondary N) is 3. The second-order valence-corrected chi connectivity index (χ2v) is 5.76. The third kappa shape index (κ3) is 5.43. The van der Waals surface area contributed by atoms with E-state index in [2.05, 4.69) is 16.0 Å². The smallest absolute Gasteiger partial charge is 0.269 e. The third-order valence-electron chi connectivity index (χ3n) is 3.63. The summed E-state index contributed by atoms with van der Waals surface area (Å²) in [6, 6.07) is 9.93. The number of amides is 2. The van der Waals surface area contributed by atoms with Crippen molar-refractivity contribution in [3.63, 3.8) is 0 Å². The van der Waals surface area contributed by atoms with Gasteiger partial charge >= 0.3 is 0 Å². The minimum Gasteiger partial charge on any atom is -0.495 e. The highest BCUT2D eigenvalue weighted by atomic mass is 16.6. The lowest BCUT2D eigenvalue weighted by Gasteiger charge is -2.18. The molecule has 2 rings (SSSR count). The highest BCUT2D eigenvalue weighted by molar-refractivity contribution is 5.97. The van der Waals surface area contributed by atoms with Crippen molar-refractivity contribution in [3.05, 3.63) is 52.6 Å². The maximum atomic E-state index is 12.4. The average Bonchev–Trinajstić information content (AvgIpc) is 2.61. The van der Waals surface area contributed by atoms with E-state index in [0.717, 1.165) is 0 Å². The maximum absolute atomic E-state index is 12.4. The van der Waals surface area contributed by atoms with Gasteiger partial charge in [-0.3, -0.25) is 19.7 Å². The van der Waals surface area contributed by atoms with Gasteiger partial charge in [0.2, 0.25) is 11.8 Å². The van der Waals surface area contributed by atoms with Crippen LogP contribution in [0.4, 0.5) is 22.7 Å². The predicted octanol–water partition coefficient (Wildman–Crippen LogP) is 3.00. The van der Waals surface area contributed by atoms with E-state index >= 15 is 0 Å². The number of nitrogens with zero attached hydrogens (tertiary/aromatic N) is 1. The molecule has 0 aliphatic rings. The summed E-state index contributed by atoms with van der Waals surface area (Å²) in [7, 11) is 1.50. The molecule has 0 aliphatic carbocycles. The number of nitro benzene ring substituents is 1. The van der Waals surface area contributed by atoms with Gasteiger partial charge < -0.3 is 20.7 Å². The van der Waals surface area contributed by atoms with Crippen molar-refractivity contribution < 1.29 is 19.2 Å². The SMILES string of the molecule is COc1ccc(NC(C)=O)cc1N[C@@H](C)C(=O)Nc1ccc([N+](=O)[O-])cc1. The summed E-state index contributed by atoms with van der Waals surface area (Å²) in [6.45, 7) is 3.06. The van der Waals surface area contributed by atoms with E-state index in [0.29, 0.717) is 22.8 Å². The summed E-state index contributed by atoms with van der Waals surface area (Å²) in [5, 5.41) is 19.0. The zero-order chi connectivity index (χ0) is 20.0. The van der Waals surface area contributed by atoms with Gasteiger partial charge in [-0.2, -0.15) is 0 Å². The Kier molecular flexibility index (Phi) is 6.32. The minimum atomic E-state index is -0.637. The van der Waals surface area contributed by atoms with E-state index in [4.69, 9.17) is 4.74 Å². The van der Waals surface area contributed by atoms with Crippen molar-refractivity contribution in [2.45, 2.75) is 19.9 Å². The fourth-order valence-electron chi connectivity index (χ4n) is 2.32. The minimum absolute atomic E-state index is 0.0568. The molecule has 2 amide bonds. The molecule has 0 unspecified atom stereocenters. The Morgan fingerprint density at radius 2 is 1.70 bits per heavy atom. The first-order chi connectivity index (χ1) is 12.8. The highest BCUT2D eigenvalue weighted by Gasteiger charge is 2.16. The van der Waals surface area contributed by atoms with Crippen LogP contribution in [0.5, 0.6) is 5.75 Å². The van der Waals surface area contributed by atoms with Crippen LogP contribution in [-0.4, -0.2) is 29.9 Å². The van der Waals surface area contributed by atoms with Crippen molar-refractivity contribution in [1.29, 1.82) is 0 Å². The largest absolute Gasteiger partial charge is 0.495 e. The molecule has 142 valence electrons. The number of hydrogen-bond donors (Lipinski definition) is 3. The van der Waals surface area contributed by atoms with Crippen LogP contribution in [0.3, 0.4) is 0 Å². The monoisotopic (exact) mass is 372 g/mol. The van der Waals surface area contributed by atoms with Gasteiger partial charge in [-0.15, -0.1) is 0 Å². The molecule has 9 nitrogen and oxygen atoms in total. The Morgan fingerprint density at radius 3 is 2.26 bits per heavy atom. The van der Waals surface area contributed by atoms with E-state index in [1.54, 1.807) is 25.1 Å². The van der Waals surface area contributed by atoms with Gasteiger partial charge in [0.05, 0.1) is 17.7 Å². The molecule has 0 fully saturated rings. The molecular weight excluding hydrogens is 352 g/mol. The normalized spacial score (nSPS) is 11.2. The van der Waals surface area contributed by atoms with Gasteiger partial charge in [0, 0.05) is 30.4 Å². The summed E-state index contributed by atoms with van der Waals surface area (Å²) in [5.41, 5.74) is 1.49. The second kappa shape index (κ2) is 8.65. The quantitative estimate of drug-likeness (QED) is 0.507. The first kappa shape index (κ1) is 19.7. The third-order valence-corrected chi connectivity index (χ3v) is 3.63. The number of benzene rings is 2. The average molecular weight is 372 g/mol. The van der Waals surface area contributed by atoms with E-state index in [1.165, 1.54) is 38.3 Å². The Hall–Kier alpha value is -3.62. The van der Waals surface area contributed by atoms with Crippen LogP contribution in [0.1, 0.15) is 13.8 Å². The maximum Gasteiger partial charge on any atom is 0.269 e. The van der Waals surface area contributed by atoms with Crippen molar-refractivity contribution in [2.75, 3.05) is 23.1 Å². The molecule has 2 aromatic carbocycles. The number of hydrogen-bond acceptors (Lipinski definition) is 6. The van der Waals surface area contributed by atoms with Crippen molar-refractivity contribution >= 4 is 34.6 Å². The van der Waals surface area contributed by atoms with Crippen LogP contribution in [0.25, 0.3) is 0 Å². The number of methoxy groups -OCH3 is 1. The van der Waals surface area contributed by atoms with Crippen LogP contribution in [-0.2, 0) is 9.59 Å². The van der Waals surface area contributed by atoms with Gasteiger partial charge in [-0.1, -0.05) is 0 Å². The molecule has 27 heavy (non-hydrogen) atoms. The lowest BCUT2D eigenvalue weighted by atomic mass is 10.2. The molecule has 0 aromatic heterocycles. The first-order valence-electron chi connectivity index (χ1n) is 8.07. The lowest BCUT2D eigenvalue weighted by Crippen LogP contribution is -2.32. The summed E-state index contributed by atoms with van der Waals surface area (Å²) < 4.78 is 5.27. The summed E-state index contributed by atoms with van der Waals surface area (Å²) in [6.07, 6.45) is 0. The Balaban J connectivity index is 2.08. The van der Waals surface area contributed by atoms with Gasteiger partial charge in [-0.25, -0.2) is 0 Å². The number of carbonyl (C=O) groups excluding carboxylic acids is 2. The zero-order valence-electron chi connectivity index (χ0n) is 15.1. The van der Waals surface area contributed by atoms with Gasteiger partial charge in [-0.05, 0) is 37.3 Å². The van der Waals surface area contributed by atoms with E-state index in [-0.39, 0.29) is 17.5 Å². The predicted molar refractivity (Wildman–Crippen MR) is 102 cm³/mol. The zero-order valence-corrected chi connectivity index (χ0v) is 15.1. The number of anilines is 3. The molecule has 1 atom stereocenters. The molecule has 3 N–H and O–H groups in total. The van der Waals surface area contributed by atoms with Crippen LogP contribution in [0, 0.1) is 10.1 Å². The van der Waals surface area contributed by atoms with Gasteiger partial charge in [0.15, 0.2) is 0 Å². The Morgan fingerprint density at radius 1 is 1.07 bits per heavy atom. The first-order valence-corrected chi connectivity index (χ1v) is 8.07. The molecule has 9 heteroatoms. The number of ether oxygens (including phenoxy) is 1. The number of non-ortho nitro benzene ring substituents is 1. The molecule has 0 bridgehead atoms. The topological polar surface area (TPSA) is 123 Å². The Labute approximate surface area is 155 Å². The van der Waals surface area contributed by atoms with E-state index in [9.17, 15) is 19.7 Å². The standard InChI is InChI=1S/C18H20N4O5/c1-11(18(24)21-13-4-7-15(8-5-13)22(25)26)19-16-10-14(20-12(2)23)6-9-17(16)27-3/h4-11,19H,1-3H3,(H,20,23)(H,21,24)/t11-/m0/s1. The molecule has 0 radical (unpaired) electrons. The van der Waals surface area contributed by atoms with Crippen molar-refractivity contribution in [2.24, 2.45) is 0 Å². The fraction of sp³-hybridized carbons (Fsp3) is 0.222. The van der Waals surface area contributed by atoms with Crippen LogP contribution < -0.4 is 20.7 Å². The fourth-order valence-corrected chi connectivity index (χ4v) is 2.32. The molecule has 2 aromatic rings. The van der Waals surface area contributed by atoms with E-state index < -0.39 is 11.0 Å². The van der Waals surface area contributed by atoms with Crippen LogP contribution in [0.15, 0.2) is 42.5 Å². The summed E-state index contributed by atoms with van der Waals surface area (Å²) in [4.78, 5) is 33.8. The number of nitro groups is 1. The Bertz CT molecular complexity index is 851. The second-order valence-electron chi connectivity index (χ2n) is 5.76. The molecule has 0 saturated heterocycles. The van der Waals surface area contributed by atoms with Gasteiger partial charge in [0.1, 0.15) is 11.8 Å². The summed E-state index contributed by atoms with van der Waals surface area (Å²) in [5.74, 6) is -0.0370. The molecular formula is C18H20N4O5. The number of carbonyl (C=O) groups is 2. The van der Waals surface area contributed by atoms with Crippen molar-refractivity contribution in [3.8, 4) is 5.75 Å². The van der Waals surface area contributed by atoms with Crippen LogP contribution >= 0.6 is 0 Å². The van der Waals surface area contributed by atoms with Crippen LogP contribution in [0.2, 0.25) is 0 Å². The molecule has 0 saturated carbocycles. The van der Waals surface area contributed by atoms with E-state index in [1.807, 2.05) is 0 Å². The molecule has 0 spiro atoms. The lowest BCUT2D eigenvalue weighted by molar-refractivity contribution is -0.384.